The summed E-state index contributed by atoms with van der Waals surface area (Å²) in [6.45, 7) is 6.70. The number of para-hydroxylation sites is 1. The number of nitrogens with zero attached hydrogens (tertiary/aromatic N) is 4. The Morgan fingerprint density at radius 1 is 1.24 bits per heavy atom. The first-order valence-electron chi connectivity index (χ1n) is 11.1. The number of likely N-dealkylation sites (tertiary alicyclic amines) is 1. The van der Waals surface area contributed by atoms with Crippen molar-refractivity contribution in [1.29, 1.82) is 0 Å². The summed E-state index contributed by atoms with van der Waals surface area (Å²) >= 11 is 6.21. The number of ether oxygens (including phenoxy) is 1. The van der Waals surface area contributed by atoms with Gasteiger partial charge in [-0.2, -0.15) is 5.10 Å². The summed E-state index contributed by atoms with van der Waals surface area (Å²) in [5.41, 5.74) is 0.0508. The normalized spacial score (nSPS) is 18.5. The summed E-state index contributed by atoms with van der Waals surface area (Å²) in [7, 11) is 1.96. The van der Waals surface area contributed by atoms with E-state index in [-0.39, 0.29) is 18.2 Å². The maximum Gasteiger partial charge on any atom is 0.410 e. The summed E-state index contributed by atoms with van der Waals surface area (Å²) in [6, 6.07) is 10.4. The standard InChI is InChI=1S/C24H32ClN5O3/c1-24(2,3)33-23(32)30-13-11-17(16-29(4)22-10-7-12-27-28-22)14-20(30)21(31)15-26-19-9-6-5-8-18(19)25/h5-10,12,17,20,26H,11,13-16H2,1-4H3. The van der Waals surface area contributed by atoms with E-state index >= 15 is 0 Å². The Balaban J connectivity index is 1.71. The fraction of sp³-hybridized carbons (Fsp3) is 0.500. The van der Waals surface area contributed by atoms with E-state index in [1.165, 1.54) is 0 Å². The van der Waals surface area contributed by atoms with Crippen LogP contribution in [0, 0.1) is 5.92 Å². The number of hydrogen-bond acceptors (Lipinski definition) is 7. The lowest BCUT2D eigenvalue weighted by molar-refractivity contribution is -0.124. The molecule has 178 valence electrons. The zero-order valence-corrected chi connectivity index (χ0v) is 20.4. The molecule has 0 aliphatic carbocycles. The second-order valence-electron chi connectivity index (χ2n) is 9.34. The van der Waals surface area contributed by atoms with E-state index in [1.807, 2.05) is 63.1 Å². The Morgan fingerprint density at radius 3 is 2.67 bits per heavy atom. The number of ketones is 1. The molecule has 0 saturated carbocycles. The van der Waals surface area contributed by atoms with Gasteiger partial charge < -0.3 is 15.0 Å². The molecule has 1 aliphatic heterocycles. The number of carbonyl (C=O) groups excluding carboxylic acids is 2. The van der Waals surface area contributed by atoms with Crippen molar-refractivity contribution in [2.75, 3.05) is 36.9 Å². The highest BCUT2D eigenvalue weighted by Crippen LogP contribution is 2.28. The lowest BCUT2D eigenvalue weighted by Crippen LogP contribution is -2.53. The van der Waals surface area contributed by atoms with Crippen LogP contribution in [0.25, 0.3) is 0 Å². The largest absolute Gasteiger partial charge is 0.444 e. The predicted octanol–water partition coefficient (Wildman–Crippen LogP) is 4.26. The van der Waals surface area contributed by atoms with Crippen LogP contribution in [-0.4, -0.2) is 65.3 Å². The predicted molar refractivity (Wildman–Crippen MR) is 130 cm³/mol. The highest BCUT2D eigenvalue weighted by atomic mass is 35.5. The lowest BCUT2D eigenvalue weighted by atomic mass is 9.88. The molecule has 2 atom stereocenters. The third kappa shape index (κ3) is 7.05. The first-order chi connectivity index (χ1) is 15.6. The second kappa shape index (κ2) is 10.8. The maximum atomic E-state index is 13.3. The summed E-state index contributed by atoms with van der Waals surface area (Å²) < 4.78 is 5.59. The number of piperidine rings is 1. The van der Waals surface area contributed by atoms with Gasteiger partial charge in [0.1, 0.15) is 5.60 Å². The van der Waals surface area contributed by atoms with E-state index in [4.69, 9.17) is 16.3 Å². The van der Waals surface area contributed by atoms with E-state index in [0.29, 0.717) is 30.2 Å². The summed E-state index contributed by atoms with van der Waals surface area (Å²) in [5.74, 6) is 0.910. The van der Waals surface area contributed by atoms with Crippen LogP contribution in [0.2, 0.25) is 5.02 Å². The summed E-state index contributed by atoms with van der Waals surface area (Å²) in [6.07, 6.45) is 2.50. The van der Waals surface area contributed by atoms with E-state index in [9.17, 15) is 9.59 Å². The maximum absolute atomic E-state index is 13.3. The topological polar surface area (TPSA) is 87.7 Å². The Morgan fingerprint density at radius 2 is 2.00 bits per heavy atom. The fourth-order valence-electron chi connectivity index (χ4n) is 3.93. The molecule has 1 amide bonds. The molecule has 3 rings (SSSR count). The van der Waals surface area contributed by atoms with Crippen LogP contribution < -0.4 is 10.2 Å². The minimum atomic E-state index is -0.635. The van der Waals surface area contributed by atoms with Crippen molar-refractivity contribution >= 4 is 35.0 Å². The van der Waals surface area contributed by atoms with Crippen LogP contribution in [0.3, 0.4) is 0 Å². The molecule has 2 aromatic rings. The second-order valence-corrected chi connectivity index (χ2v) is 9.75. The van der Waals surface area contributed by atoms with Gasteiger partial charge in [-0.05, 0) is 63.8 Å². The van der Waals surface area contributed by atoms with E-state index < -0.39 is 17.7 Å². The SMILES string of the molecule is CN(CC1CCN(C(=O)OC(C)(C)C)C(C(=O)CNc2ccccc2Cl)C1)c1cccnn1. The quantitative estimate of drug-likeness (QED) is 0.642. The van der Waals surface area contributed by atoms with Gasteiger partial charge in [0.2, 0.25) is 0 Å². The molecule has 8 nitrogen and oxygen atoms in total. The molecule has 1 saturated heterocycles. The molecule has 0 bridgehead atoms. The molecule has 1 aliphatic rings. The molecule has 1 aromatic heterocycles. The average Bonchev–Trinajstić information content (AvgIpc) is 2.77. The molecule has 9 heteroatoms. The number of anilines is 2. The molecule has 33 heavy (non-hydrogen) atoms. The number of aromatic nitrogens is 2. The minimum absolute atomic E-state index is 0.0699. The number of carbonyl (C=O) groups is 2. The summed E-state index contributed by atoms with van der Waals surface area (Å²) in [4.78, 5) is 29.8. The highest BCUT2D eigenvalue weighted by Gasteiger charge is 2.38. The Kier molecular flexibility index (Phi) is 8.13. The molecular formula is C24H32ClN5O3. The number of benzene rings is 1. The van der Waals surface area contributed by atoms with Crippen LogP contribution in [-0.2, 0) is 9.53 Å². The van der Waals surface area contributed by atoms with Gasteiger partial charge in [0.05, 0.1) is 23.3 Å². The van der Waals surface area contributed by atoms with Gasteiger partial charge in [-0.25, -0.2) is 4.79 Å². The van der Waals surface area contributed by atoms with E-state index in [2.05, 4.69) is 15.5 Å². The highest BCUT2D eigenvalue weighted by molar-refractivity contribution is 6.33. The minimum Gasteiger partial charge on any atom is -0.444 e. The molecule has 0 spiro atoms. The number of hydrogen-bond donors (Lipinski definition) is 1. The monoisotopic (exact) mass is 473 g/mol. The number of halogens is 1. The smallest absolute Gasteiger partial charge is 0.410 e. The zero-order chi connectivity index (χ0) is 24.0. The first-order valence-corrected chi connectivity index (χ1v) is 11.5. The Labute approximate surface area is 200 Å². The first kappa shape index (κ1) is 24.8. The van der Waals surface area contributed by atoms with Gasteiger partial charge in [0.25, 0.3) is 0 Å². The van der Waals surface area contributed by atoms with Gasteiger partial charge in [-0.1, -0.05) is 23.7 Å². The van der Waals surface area contributed by atoms with Gasteiger partial charge >= 0.3 is 6.09 Å². The van der Waals surface area contributed by atoms with Crippen molar-refractivity contribution in [2.24, 2.45) is 5.92 Å². The number of amides is 1. The molecule has 2 heterocycles. The summed E-state index contributed by atoms with van der Waals surface area (Å²) in [5, 5.41) is 11.7. The van der Waals surface area contributed by atoms with Crippen molar-refractivity contribution in [1.82, 2.24) is 15.1 Å². The van der Waals surface area contributed by atoms with E-state index in [0.717, 1.165) is 12.2 Å². The fourth-order valence-corrected chi connectivity index (χ4v) is 4.13. The van der Waals surface area contributed by atoms with Crippen molar-refractivity contribution in [3.05, 3.63) is 47.6 Å². The Hall–Kier alpha value is -2.87. The lowest BCUT2D eigenvalue weighted by Gasteiger charge is -2.40. The number of nitrogens with one attached hydrogen (secondary N) is 1. The third-order valence-electron chi connectivity index (χ3n) is 5.52. The molecule has 1 aromatic carbocycles. The number of Topliss-reactive ketones (excluding diaryl/α,β-unsaturated/α-hetero) is 1. The van der Waals surface area contributed by atoms with Gasteiger partial charge in [0.15, 0.2) is 11.6 Å². The van der Waals surface area contributed by atoms with E-state index in [1.54, 1.807) is 17.2 Å². The zero-order valence-electron chi connectivity index (χ0n) is 19.6. The van der Waals surface area contributed by atoms with Crippen molar-refractivity contribution in [3.63, 3.8) is 0 Å². The van der Waals surface area contributed by atoms with Crippen LogP contribution in [0.5, 0.6) is 0 Å². The van der Waals surface area contributed by atoms with Crippen LogP contribution >= 0.6 is 11.6 Å². The van der Waals surface area contributed by atoms with Crippen LogP contribution in [0.4, 0.5) is 16.3 Å². The molecule has 1 fully saturated rings. The molecular weight excluding hydrogens is 442 g/mol. The van der Waals surface area contributed by atoms with Gasteiger partial charge in [0, 0.05) is 26.3 Å². The van der Waals surface area contributed by atoms with Gasteiger partial charge in [-0.15, -0.1) is 5.10 Å². The van der Waals surface area contributed by atoms with Crippen molar-refractivity contribution in [2.45, 2.75) is 45.3 Å². The molecule has 0 radical (unpaired) electrons. The average molecular weight is 474 g/mol. The third-order valence-corrected chi connectivity index (χ3v) is 5.85. The number of rotatable bonds is 7. The van der Waals surface area contributed by atoms with Crippen LogP contribution in [0.15, 0.2) is 42.6 Å². The molecule has 2 unspecified atom stereocenters. The van der Waals surface area contributed by atoms with Gasteiger partial charge in [-0.3, -0.25) is 9.69 Å². The molecule has 1 N–H and O–H groups in total. The van der Waals surface area contributed by atoms with Crippen molar-refractivity contribution in [3.8, 4) is 0 Å². The van der Waals surface area contributed by atoms with Crippen LogP contribution in [0.1, 0.15) is 33.6 Å². The van der Waals surface area contributed by atoms with Crippen molar-refractivity contribution < 1.29 is 14.3 Å². The Bertz CT molecular complexity index is 951.